The third kappa shape index (κ3) is 4.27. The van der Waals surface area contributed by atoms with E-state index in [0.29, 0.717) is 19.1 Å². The first kappa shape index (κ1) is 15.5. The fourth-order valence-electron chi connectivity index (χ4n) is 2.41. The van der Waals surface area contributed by atoms with E-state index < -0.39 is 5.41 Å². The van der Waals surface area contributed by atoms with Crippen LogP contribution in [0.5, 0.6) is 0 Å². The van der Waals surface area contributed by atoms with Gasteiger partial charge in [-0.05, 0) is 43.4 Å². The van der Waals surface area contributed by atoms with Crippen LogP contribution in [0, 0.1) is 16.7 Å². The van der Waals surface area contributed by atoms with E-state index in [1.165, 1.54) is 0 Å². The predicted molar refractivity (Wildman–Crippen MR) is 74.2 cm³/mol. The maximum atomic E-state index is 12.2. The van der Waals surface area contributed by atoms with Gasteiger partial charge in [0.2, 0.25) is 0 Å². The summed E-state index contributed by atoms with van der Waals surface area (Å²) >= 11 is 0. The molecule has 18 heavy (non-hydrogen) atoms. The van der Waals surface area contributed by atoms with E-state index in [1.807, 2.05) is 0 Å². The number of nitrogens with two attached hydrogens (primary N) is 1. The molecule has 3 heteroatoms. The summed E-state index contributed by atoms with van der Waals surface area (Å²) in [6, 6.07) is 0. The Morgan fingerprint density at radius 1 is 1.33 bits per heavy atom. The molecule has 0 unspecified atom stereocenters. The quantitative estimate of drug-likeness (QED) is 0.785. The van der Waals surface area contributed by atoms with Crippen LogP contribution in [0.25, 0.3) is 0 Å². The molecule has 1 saturated carbocycles. The zero-order chi connectivity index (χ0) is 13.8. The minimum atomic E-state index is -0.398. The summed E-state index contributed by atoms with van der Waals surface area (Å²) in [5.74, 6) is 0.646. The van der Waals surface area contributed by atoms with Crippen molar-refractivity contribution in [1.82, 2.24) is 0 Å². The largest absolute Gasteiger partial charge is 0.465 e. The Bertz CT molecular complexity index is 273. The molecule has 0 heterocycles. The Morgan fingerprint density at radius 2 is 1.89 bits per heavy atom. The highest BCUT2D eigenvalue weighted by Gasteiger charge is 2.41. The summed E-state index contributed by atoms with van der Waals surface area (Å²) in [6.45, 7) is 9.64. The van der Waals surface area contributed by atoms with E-state index in [1.54, 1.807) is 0 Å². The molecule has 2 N–H and O–H groups in total. The van der Waals surface area contributed by atoms with Crippen molar-refractivity contribution in [3.8, 4) is 0 Å². The first-order chi connectivity index (χ1) is 8.29. The van der Waals surface area contributed by atoms with Gasteiger partial charge in [-0.15, -0.1) is 0 Å². The summed E-state index contributed by atoms with van der Waals surface area (Å²) in [6.07, 6.45) is 4.85. The van der Waals surface area contributed by atoms with Gasteiger partial charge in [0.1, 0.15) is 0 Å². The van der Waals surface area contributed by atoms with Crippen LogP contribution in [0.2, 0.25) is 0 Å². The summed E-state index contributed by atoms with van der Waals surface area (Å²) in [5, 5.41) is 0. The van der Waals surface area contributed by atoms with E-state index in [0.717, 1.165) is 32.1 Å². The molecule has 0 atom stereocenters. The van der Waals surface area contributed by atoms with Crippen molar-refractivity contribution in [3.63, 3.8) is 0 Å². The number of ether oxygens (including phenoxy) is 1. The van der Waals surface area contributed by atoms with Crippen LogP contribution < -0.4 is 5.73 Å². The zero-order valence-corrected chi connectivity index (χ0v) is 12.4. The van der Waals surface area contributed by atoms with Crippen LogP contribution >= 0.6 is 0 Å². The molecule has 1 aliphatic rings. The van der Waals surface area contributed by atoms with E-state index in [-0.39, 0.29) is 11.4 Å². The van der Waals surface area contributed by atoms with Crippen LogP contribution in [0.15, 0.2) is 0 Å². The van der Waals surface area contributed by atoms with Crippen LogP contribution in [0.1, 0.15) is 59.8 Å². The van der Waals surface area contributed by atoms with Crippen molar-refractivity contribution in [2.75, 3.05) is 13.2 Å². The van der Waals surface area contributed by atoms with Gasteiger partial charge in [0, 0.05) is 6.54 Å². The second-order valence-corrected chi connectivity index (χ2v) is 7.11. The van der Waals surface area contributed by atoms with Gasteiger partial charge in [-0.25, -0.2) is 0 Å². The molecule has 0 saturated heterocycles. The fraction of sp³-hybridized carbons (Fsp3) is 0.933. The lowest BCUT2D eigenvalue weighted by Crippen LogP contribution is -2.43. The normalized spacial score (nSPS) is 29.1. The van der Waals surface area contributed by atoms with E-state index in [2.05, 4.69) is 27.7 Å². The van der Waals surface area contributed by atoms with Crippen molar-refractivity contribution in [1.29, 1.82) is 0 Å². The Hall–Kier alpha value is -0.570. The predicted octanol–water partition coefficient (Wildman–Crippen LogP) is 3.12. The average molecular weight is 255 g/mol. The maximum absolute atomic E-state index is 12.2. The summed E-state index contributed by atoms with van der Waals surface area (Å²) in [5.41, 5.74) is 5.65. The molecular formula is C15H29NO2. The van der Waals surface area contributed by atoms with Gasteiger partial charge >= 0.3 is 5.97 Å². The third-order valence-corrected chi connectivity index (χ3v) is 4.14. The van der Waals surface area contributed by atoms with Gasteiger partial charge in [0.25, 0.3) is 0 Å². The van der Waals surface area contributed by atoms with Gasteiger partial charge in [0.05, 0.1) is 12.0 Å². The van der Waals surface area contributed by atoms with Crippen molar-refractivity contribution in [2.45, 2.75) is 59.8 Å². The number of rotatable bonds is 4. The van der Waals surface area contributed by atoms with Crippen molar-refractivity contribution >= 4 is 5.97 Å². The molecule has 0 amide bonds. The smallest absolute Gasteiger partial charge is 0.313 e. The molecule has 0 aliphatic heterocycles. The topological polar surface area (TPSA) is 52.3 Å². The Labute approximate surface area is 111 Å². The number of esters is 1. The molecular weight excluding hydrogens is 226 g/mol. The van der Waals surface area contributed by atoms with Gasteiger partial charge in [-0.2, -0.15) is 0 Å². The van der Waals surface area contributed by atoms with E-state index in [9.17, 15) is 4.79 Å². The molecule has 1 rings (SSSR count). The second-order valence-electron chi connectivity index (χ2n) is 7.11. The molecule has 0 aromatic rings. The monoisotopic (exact) mass is 255 g/mol. The van der Waals surface area contributed by atoms with E-state index >= 15 is 0 Å². The van der Waals surface area contributed by atoms with E-state index in [4.69, 9.17) is 10.5 Å². The van der Waals surface area contributed by atoms with Crippen LogP contribution in [0.3, 0.4) is 0 Å². The molecule has 0 bridgehead atoms. The lowest BCUT2D eigenvalue weighted by Gasteiger charge is -2.36. The number of carbonyl (C=O) groups is 1. The zero-order valence-electron chi connectivity index (χ0n) is 12.4. The van der Waals surface area contributed by atoms with Crippen molar-refractivity contribution in [2.24, 2.45) is 22.5 Å². The summed E-state index contributed by atoms with van der Waals surface area (Å²) < 4.78 is 5.47. The summed E-state index contributed by atoms with van der Waals surface area (Å²) in [4.78, 5) is 12.2. The number of hydrogen-bond acceptors (Lipinski definition) is 3. The molecule has 0 aromatic carbocycles. The number of carbonyl (C=O) groups excluding carboxylic acids is 1. The molecule has 3 nitrogen and oxygen atoms in total. The number of hydrogen-bond donors (Lipinski definition) is 1. The third-order valence-electron chi connectivity index (χ3n) is 4.14. The molecule has 1 aliphatic carbocycles. The van der Waals surface area contributed by atoms with Crippen molar-refractivity contribution in [3.05, 3.63) is 0 Å². The van der Waals surface area contributed by atoms with Crippen LogP contribution in [-0.4, -0.2) is 19.1 Å². The van der Waals surface area contributed by atoms with Gasteiger partial charge in [-0.3, -0.25) is 4.79 Å². The molecule has 0 radical (unpaired) electrons. The standard InChI is InChI=1S/C15H29NO2/c1-12-5-7-15(11-16,8-6-12)13(17)18-10-9-14(2,3)4/h12H,5-11,16H2,1-4H3. The van der Waals surface area contributed by atoms with Crippen LogP contribution in [-0.2, 0) is 9.53 Å². The lowest BCUT2D eigenvalue weighted by molar-refractivity contribution is -0.158. The first-order valence-corrected chi connectivity index (χ1v) is 7.16. The highest BCUT2D eigenvalue weighted by Crippen LogP contribution is 2.39. The first-order valence-electron chi connectivity index (χ1n) is 7.16. The summed E-state index contributed by atoms with van der Waals surface area (Å²) in [7, 11) is 0. The Balaban J connectivity index is 2.47. The highest BCUT2D eigenvalue weighted by atomic mass is 16.5. The minimum absolute atomic E-state index is 0.0684. The lowest BCUT2D eigenvalue weighted by atomic mass is 9.71. The van der Waals surface area contributed by atoms with Crippen LogP contribution in [0.4, 0.5) is 0 Å². The van der Waals surface area contributed by atoms with Gasteiger partial charge in [-0.1, -0.05) is 27.7 Å². The maximum Gasteiger partial charge on any atom is 0.313 e. The molecule has 1 fully saturated rings. The molecule has 0 aromatic heterocycles. The van der Waals surface area contributed by atoms with Gasteiger partial charge in [0.15, 0.2) is 0 Å². The molecule has 0 spiro atoms. The van der Waals surface area contributed by atoms with Crippen molar-refractivity contribution < 1.29 is 9.53 Å². The second kappa shape index (κ2) is 6.05. The highest BCUT2D eigenvalue weighted by molar-refractivity contribution is 5.77. The Morgan fingerprint density at radius 3 is 2.33 bits per heavy atom. The average Bonchev–Trinajstić information content (AvgIpc) is 2.28. The van der Waals surface area contributed by atoms with Gasteiger partial charge < -0.3 is 10.5 Å². The molecule has 106 valence electrons. The Kier molecular flexibility index (Phi) is 5.20. The fourth-order valence-corrected chi connectivity index (χ4v) is 2.41. The SMILES string of the molecule is CC1CCC(CN)(C(=O)OCCC(C)(C)C)CC1. The minimum Gasteiger partial charge on any atom is -0.465 e.